The van der Waals surface area contributed by atoms with Crippen molar-refractivity contribution in [3.8, 4) is 0 Å². The molecule has 2 aliphatic carbocycles. The molecule has 0 spiro atoms. The fourth-order valence-corrected chi connectivity index (χ4v) is 3.84. The lowest BCUT2D eigenvalue weighted by Crippen LogP contribution is -2.37. The predicted octanol–water partition coefficient (Wildman–Crippen LogP) is 1.09. The number of nitrogens with zero attached hydrogens (tertiary/aromatic N) is 1. The molecule has 0 saturated carbocycles. The number of carbonyl (C=O) groups excluding carboxylic acids is 1. The second kappa shape index (κ2) is 3.90. The first-order valence-corrected chi connectivity index (χ1v) is 7.79. The summed E-state index contributed by atoms with van der Waals surface area (Å²) in [4.78, 5) is 12.3. The number of hydrogen-bond donors (Lipinski definition) is 2. The molecule has 7 heteroatoms. The molecule has 0 radical (unpaired) electrons. The van der Waals surface area contributed by atoms with Gasteiger partial charge in [-0.1, -0.05) is 30.3 Å². The number of hydrazone groups is 1. The zero-order valence-electron chi connectivity index (χ0n) is 10.6. The summed E-state index contributed by atoms with van der Waals surface area (Å²) in [5, 5.41) is 4.18. The first-order chi connectivity index (χ1) is 9.98. The van der Waals surface area contributed by atoms with E-state index >= 15 is 0 Å². The second-order valence-corrected chi connectivity index (χ2v) is 6.52. The molecule has 106 valence electrons. The van der Waals surface area contributed by atoms with E-state index in [-0.39, 0.29) is 16.4 Å². The Hall–Kier alpha value is -2.25. The number of rotatable bonds is 1. The number of allylic oxidation sites excluding steroid dienone is 3. The molecule has 2 atom stereocenters. The van der Waals surface area contributed by atoms with Crippen LogP contribution in [0.2, 0.25) is 0 Å². The molecular weight excluding hydrogens is 292 g/mol. The van der Waals surface area contributed by atoms with Crippen LogP contribution < -0.4 is 5.43 Å². The van der Waals surface area contributed by atoms with Gasteiger partial charge in [-0.3, -0.25) is 14.8 Å². The maximum Gasteiger partial charge on any atom is 0.296 e. The highest BCUT2D eigenvalue weighted by Gasteiger charge is 2.47. The molecular formula is C14H10N2O4S. The van der Waals surface area contributed by atoms with Crippen LogP contribution in [0, 0.1) is 11.8 Å². The summed E-state index contributed by atoms with van der Waals surface area (Å²) in [6.07, 6.45) is 2.79. The second-order valence-electron chi connectivity index (χ2n) is 5.13. The lowest BCUT2D eigenvalue weighted by Gasteiger charge is -2.30. The van der Waals surface area contributed by atoms with Gasteiger partial charge >= 0.3 is 0 Å². The quantitative estimate of drug-likeness (QED) is 0.757. The number of hydrogen-bond acceptors (Lipinski definition) is 5. The number of carbonyl (C=O) groups is 1. The molecule has 2 unspecified atom stereocenters. The highest BCUT2D eigenvalue weighted by Crippen LogP contribution is 2.42. The number of ketones is 1. The van der Waals surface area contributed by atoms with Gasteiger partial charge in [-0.2, -0.15) is 13.5 Å². The van der Waals surface area contributed by atoms with E-state index in [4.69, 9.17) is 0 Å². The minimum Gasteiger partial charge on any atom is -0.293 e. The van der Waals surface area contributed by atoms with E-state index < -0.39 is 22.0 Å². The van der Waals surface area contributed by atoms with Gasteiger partial charge < -0.3 is 0 Å². The Morgan fingerprint density at radius 3 is 2.62 bits per heavy atom. The Morgan fingerprint density at radius 1 is 1.19 bits per heavy atom. The van der Waals surface area contributed by atoms with Crippen molar-refractivity contribution in [2.75, 3.05) is 0 Å². The SMILES string of the molecule is O=C1c2ccccc2C2=NNC3=C(S(=O)(=O)O)C=CC1C23. The maximum absolute atomic E-state index is 12.6. The summed E-state index contributed by atoms with van der Waals surface area (Å²) >= 11 is 0. The van der Waals surface area contributed by atoms with Crippen molar-refractivity contribution < 1.29 is 17.8 Å². The first kappa shape index (κ1) is 12.5. The average Bonchev–Trinajstić information content (AvgIpc) is 2.88. The summed E-state index contributed by atoms with van der Waals surface area (Å²) in [5.41, 5.74) is 4.86. The molecule has 3 aliphatic rings. The highest BCUT2D eigenvalue weighted by atomic mass is 32.2. The molecule has 0 aromatic heterocycles. The van der Waals surface area contributed by atoms with Gasteiger partial charge in [0.05, 0.1) is 23.2 Å². The Bertz CT molecular complexity index is 880. The molecule has 2 N–H and O–H groups in total. The summed E-state index contributed by atoms with van der Waals surface area (Å²) in [5.74, 6) is -1.04. The summed E-state index contributed by atoms with van der Waals surface area (Å²) in [7, 11) is -4.36. The molecule has 1 heterocycles. The van der Waals surface area contributed by atoms with Gasteiger partial charge in [0, 0.05) is 11.1 Å². The van der Waals surface area contributed by atoms with Gasteiger partial charge in [0.2, 0.25) is 0 Å². The summed E-state index contributed by atoms with van der Waals surface area (Å²) in [6, 6.07) is 7.12. The largest absolute Gasteiger partial charge is 0.296 e. The third-order valence-corrected chi connectivity index (χ3v) is 4.94. The minimum absolute atomic E-state index is 0.0682. The van der Waals surface area contributed by atoms with Crippen molar-refractivity contribution in [1.29, 1.82) is 0 Å². The van der Waals surface area contributed by atoms with E-state index in [9.17, 15) is 17.8 Å². The number of Topliss-reactive ketones (excluding diaryl/α,β-unsaturated/α-hetero) is 1. The maximum atomic E-state index is 12.6. The smallest absolute Gasteiger partial charge is 0.293 e. The minimum atomic E-state index is -4.36. The van der Waals surface area contributed by atoms with Crippen LogP contribution >= 0.6 is 0 Å². The first-order valence-electron chi connectivity index (χ1n) is 6.35. The molecule has 0 fully saturated rings. The topological polar surface area (TPSA) is 95.8 Å². The van der Waals surface area contributed by atoms with E-state index in [1.54, 1.807) is 24.3 Å². The van der Waals surface area contributed by atoms with Crippen molar-refractivity contribution in [3.63, 3.8) is 0 Å². The van der Waals surface area contributed by atoms with Gasteiger partial charge in [0.15, 0.2) is 5.78 Å². The molecule has 0 amide bonds. The van der Waals surface area contributed by atoms with Gasteiger partial charge in [-0.05, 0) is 6.08 Å². The molecule has 21 heavy (non-hydrogen) atoms. The van der Waals surface area contributed by atoms with Crippen LogP contribution in [0.15, 0.2) is 52.1 Å². The third-order valence-electron chi connectivity index (χ3n) is 4.03. The van der Waals surface area contributed by atoms with Crippen LogP contribution in [-0.2, 0) is 10.1 Å². The Labute approximate surface area is 120 Å². The van der Waals surface area contributed by atoms with E-state index in [1.165, 1.54) is 12.2 Å². The Morgan fingerprint density at radius 2 is 1.90 bits per heavy atom. The summed E-state index contributed by atoms with van der Waals surface area (Å²) < 4.78 is 32.2. The van der Waals surface area contributed by atoms with Crippen molar-refractivity contribution in [2.24, 2.45) is 16.9 Å². The zero-order valence-corrected chi connectivity index (χ0v) is 11.5. The Balaban J connectivity index is 1.98. The lowest BCUT2D eigenvalue weighted by atomic mass is 9.71. The number of benzene rings is 1. The Kier molecular flexibility index (Phi) is 2.32. The average molecular weight is 302 g/mol. The van der Waals surface area contributed by atoms with Gasteiger partial charge in [0.1, 0.15) is 4.91 Å². The van der Waals surface area contributed by atoms with Crippen molar-refractivity contribution in [3.05, 3.63) is 58.1 Å². The summed E-state index contributed by atoms with van der Waals surface area (Å²) in [6.45, 7) is 0. The lowest BCUT2D eigenvalue weighted by molar-refractivity contribution is 0.0928. The molecule has 0 bridgehead atoms. The molecule has 6 nitrogen and oxygen atoms in total. The highest BCUT2D eigenvalue weighted by molar-refractivity contribution is 7.90. The van der Waals surface area contributed by atoms with E-state index in [1.807, 2.05) is 0 Å². The molecule has 0 saturated heterocycles. The molecule has 1 aromatic carbocycles. The number of fused-ring (bicyclic) bond motifs is 2. The van der Waals surface area contributed by atoms with Crippen LogP contribution in [0.1, 0.15) is 15.9 Å². The van der Waals surface area contributed by atoms with E-state index in [0.717, 1.165) is 0 Å². The van der Waals surface area contributed by atoms with Crippen LogP contribution in [-0.4, -0.2) is 24.5 Å². The molecule has 1 aliphatic heterocycles. The predicted molar refractivity (Wildman–Crippen MR) is 75.1 cm³/mol. The zero-order chi connectivity index (χ0) is 14.8. The van der Waals surface area contributed by atoms with E-state index in [0.29, 0.717) is 16.8 Å². The van der Waals surface area contributed by atoms with Crippen LogP contribution in [0.4, 0.5) is 0 Å². The number of nitrogens with one attached hydrogen (secondary N) is 1. The standard InChI is InChI=1S/C14H10N2O4S/c17-14-8-4-2-1-3-7(8)12-11-9(14)5-6-10(21(18,19)20)13(11)16-15-12/h1-6,9,11,16H,(H,18,19,20). The van der Waals surface area contributed by atoms with Crippen LogP contribution in [0.3, 0.4) is 0 Å². The van der Waals surface area contributed by atoms with Gasteiger partial charge in [-0.15, -0.1) is 0 Å². The normalized spacial score (nSPS) is 26.1. The fraction of sp³-hybridized carbons (Fsp3) is 0.143. The molecule has 4 rings (SSSR count). The van der Waals surface area contributed by atoms with Crippen molar-refractivity contribution >= 4 is 21.6 Å². The monoisotopic (exact) mass is 302 g/mol. The van der Waals surface area contributed by atoms with Crippen LogP contribution in [0.5, 0.6) is 0 Å². The third kappa shape index (κ3) is 1.58. The van der Waals surface area contributed by atoms with Crippen molar-refractivity contribution in [1.82, 2.24) is 5.43 Å². The van der Waals surface area contributed by atoms with Crippen LogP contribution in [0.25, 0.3) is 0 Å². The van der Waals surface area contributed by atoms with Crippen molar-refractivity contribution in [2.45, 2.75) is 0 Å². The van der Waals surface area contributed by atoms with E-state index in [2.05, 4.69) is 10.5 Å². The van der Waals surface area contributed by atoms with Gasteiger partial charge in [-0.25, -0.2) is 0 Å². The fourth-order valence-electron chi connectivity index (χ4n) is 3.14. The molecule has 1 aromatic rings. The van der Waals surface area contributed by atoms with Gasteiger partial charge in [0.25, 0.3) is 10.1 Å².